The molecular weight excluding hydrogens is 224 g/mol. The van der Waals surface area contributed by atoms with E-state index in [-0.39, 0.29) is 5.91 Å². The maximum atomic E-state index is 11.7. The van der Waals surface area contributed by atoms with E-state index in [9.17, 15) is 4.79 Å². The van der Waals surface area contributed by atoms with Crippen LogP contribution in [0.25, 0.3) is 0 Å². The maximum absolute atomic E-state index is 11.7. The lowest BCUT2D eigenvalue weighted by molar-refractivity contribution is -0.120. The van der Waals surface area contributed by atoms with E-state index >= 15 is 0 Å². The quantitative estimate of drug-likeness (QED) is 0.724. The molecule has 18 heavy (non-hydrogen) atoms. The number of benzene rings is 1. The molecule has 0 aromatic heterocycles. The molecule has 3 heteroatoms. The van der Waals surface area contributed by atoms with E-state index in [1.54, 1.807) is 0 Å². The highest BCUT2D eigenvalue weighted by molar-refractivity contribution is 5.78. The molecule has 0 spiro atoms. The number of hydrogen-bond acceptors (Lipinski definition) is 2. The smallest absolute Gasteiger partial charge is 0.224 e. The lowest BCUT2D eigenvalue weighted by Crippen LogP contribution is -2.28. The summed E-state index contributed by atoms with van der Waals surface area (Å²) in [6.45, 7) is 8.93. The van der Waals surface area contributed by atoms with Gasteiger partial charge in [0.25, 0.3) is 0 Å². The fourth-order valence-corrected chi connectivity index (χ4v) is 1.78. The van der Waals surface area contributed by atoms with Gasteiger partial charge < -0.3 is 10.6 Å². The molecule has 0 heterocycles. The topological polar surface area (TPSA) is 41.1 Å². The summed E-state index contributed by atoms with van der Waals surface area (Å²) >= 11 is 0. The summed E-state index contributed by atoms with van der Waals surface area (Å²) in [6, 6.07) is 6.19. The zero-order chi connectivity index (χ0) is 13.4. The van der Waals surface area contributed by atoms with Crippen LogP contribution < -0.4 is 10.6 Å². The van der Waals surface area contributed by atoms with Crippen LogP contribution in [0, 0.1) is 13.8 Å². The Kier molecular flexibility index (Phi) is 6.44. The lowest BCUT2D eigenvalue weighted by atomic mass is 10.0. The van der Waals surface area contributed by atoms with Crippen molar-refractivity contribution < 1.29 is 4.79 Å². The van der Waals surface area contributed by atoms with Crippen LogP contribution in [0.3, 0.4) is 0 Å². The third-order valence-electron chi connectivity index (χ3n) is 3.04. The van der Waals surface area contributed by atoms with Gasteiger partial charge >= 0.3 is 0 Å². The molecule has 1 rings (SSSR count). The molecule has 1 aromatic carbocycles. The van der Waals surface area contributed by atoms with Crippen molar-refractivity contribution in [3.8, 4) is 0 Å². The van der Waals surface area contributed by atoms with Gasteiger partial charge in [-0.2, -0.15) is 0 Å². The van der Waals surface area contributed by atoms with Gasteiger partial charge in [-0.1, -0.05) is 25.1 Å². The highest BCUT2D eigenvalue weighted by atomic mass is 16.1. The van der Waals surface area contributed by atoms with Crippen LogP contribution in [0.4, 0.5) is 0 Å². The molecule has 0 saturated carbocycles. The molecule has 0 radical (unpaired) electrons. The molecule has 0 bridgehead atoms. The second kappa shape index (κ2) is 7.88. The second-order valence-electron chi connectivity index (χ2n) is 4.65. The summed E-state index contributed by atoms with van der Waals surface area (Å²) in [5, 5.41) is 6.18. The summed E-state index contributed by atoms with van der Waals surface area (Å²) < 4.78 is 0. The Morgan fingerprint density at radius 1 is 1.17 bits per heavy atom. The zero-order valence-corrected chi connectivity index (χ0v) is 11.7. The molecule has 0 atom stereocenters. The normalized spacial score (nSPS) is 10.4. The van der Waals surface area contributed by atoms with Gasteiger partial charge in [-0.3, -0.25) is 4.79 Å². The van der Waals surface area contributed by atoms with Gasteiger partial charge in [0, 0.05) is 6.54 Å². The van der Waals surface area contributed by atoms with Crippen molar-refractivity contribution in [3.63, 3.8) is 0 Å². The molecule has 2 N–H and O–H groups in total. The molecule has 0 saturated heterocycles. The van der Waals surface area contributed by atoms with Gasteiger partial charge in [-0.15, -0.1) is 0 Å². The Labute approximate surface area is 110 Å². The number of amides is 1. The molecular formula is C15H24N2O. The van der Waals surface area contributed by atoms with E-state index in [1.807, 2.05) is 6.07 Å². The number of rotatable bonds is 7. The summed E-state index contributed by atoms with van der Waals surface area (Å²) in [6.07, 6.45) is 1.45. The predicted molar refractivity (Wildman–Crippen MR) is 75.8 cm³/mol. The van der Waals surface area contributed by atoms with Crippen molar-refractivity contribution in [2.24, 2.45) is 0 Å². The Morgan fingerprint density at radius 3 is 2.61 bits per heavy atom. The lowest BCUT2D eigenvalue weighted by Gasteiger charge is -2.07. The SMILES string of the molecule is CCNCCCNC(=O)Cc1ccc(C)c(C)c1. The van der Waals surface area contributed by atoms with E-state index in [0.29, 0.717) is 6.42 Å². The molecule has 0 unspecified atom stereocenters. The van der Waals surface area contributed by atoms with Gasteiger partial charge in [-0.25, -0.2) is 0 Å². The molecule has 0 aliphatic carbocycles. The van der Waals surface area contributed by atoms with Crippen LogP contribution in [0.2, 0.25) is 0 Å². The first-order chi connectivity index (χ1) is 8.63. The molecule has 100 valence electrons. The van der Waals surface area contributed by atoms with Gasteiger partial charge in [-0.05, 0) is 50.0 Å². The maximum Gasteiger partial charge on any atom is 0.224 e. The van der Waals surface area contributed by atoms with Gasteiger partial charge in [0.15, 0.2) is 0 Å². The van der Waals surface area contributed by atoms with Crippen molar-refractivity contribution in [2.45, 2.75) is 33.6 Å². The minimum Gasteiger partial charge on any atom is -0.356 e. The standard InChI is InChI=1S/C15H24N2O/c1-4-16-8-5-9-17-15(18)11-14-7-6-12(2)13(3)10-14/h6-7,10,16H,4-5,8-9,11H2,1-3H3,(H,17,18). The molecule has 0 aliphatic rings. The fraction of sp³-hybridized carbons (Fsp3) is 0.533. The third kappa shape index (κ3) is 5.32. The largest absolute Gasteiger partial charge is 0.356 e. The fourth-order valence-electron chi connectivity index (χ4n) is 1.78. The van der Waals surface area contributed by atoms with Crippen molar-refractivity contribution in [1.82, 2.24) is 10.6 Å². The van der Waals surface area contributed by atoms with E-state index < -0.39 is 0 Å². The van der Waals surface area contributed by atoms with E-state index in [0.717, 1.165) is 31.6 Å². The molecule has 0 aliphatic heterocycles. The van der Waals surface area contributed by atoms with E-state index in [2.05, 4.69) is 43.5 Å². The molecule has 1 aromatic rings. The first-order valence-electron chi connectivity index (χ1n) is 6.67. The van der Waals surface area contributed by atoms with Crippen LogP contribution >= 0.6 is 0 Å². The highest BCUT2D eigenvalue weighted by Crippen LogP contribution is 2.10. The first-order valence-corrected chi connectivity index (χ1v) is 6.67. The number of aryl methyl sites for hydroxylation is 2. The van der Waals surface area contributed by atoms with E-state index in [4.69, 9.17) is 0 Å². The Balaban J connectivity index is 2.29. The Hall–Kier alpha value is -1.35. The number of hydrogen-bond donors (Lipinski definition) is 2. The van der Waals surface area contributed by atoms with Crippen molar-refractivity contribution in [2.75, 3.05) is 19.6 Å². The van der Waals surface area contributed by atoms with Crippen LogP contribution in [-0.2, 0) is 11.2 Å². The zero-order valence-electron chi connectivity index (χ0n) is 11.7. The van der Waals surface area contributed by atoms with Crippen LogP contribution in [-0.4, -0.2) is 25.5 Å². The number of carbonyl (C=O) groups is 1. The predicted octanol–water partition coefficient (Wildman–Crippen LogP) is 1.96. The summed E-state index contributed by atoms with van der Waals surface area (Å²) in [4.78, 5) is 11.7. The Bertz CT molecular complexity index is 388. The molecule has 0 fully saturated rings. The molecule has 1 amide bonds. The minimum absolute atomic E-state index is 0.106. The summed E-state index contributed by atoms with van der Waals surface area (Å²) in [7, 11) is 0. The Morgan fingerprint density at radius 2 is 1.94 bits per heavy atom. The number of nitrogens with one attached hydrogen (secondary N) is 2. The minimum atomic E-state index is 0.106. The third-order valence-corrected chi connectivity index (χ3v) is 3.04. The summed E-state index contributed by atoms with van der Waals surface area (Å²) in [5.74, 6) is 0.106. The number of carbonyl (C=O) groups excluding carboxylic acids is 1. The van der Waals surface area contributed by atoms with Gasteiger partial charge in [0.05, 0.1) is 6.42 Å². The van der Waals surface area contributed by atoms with Crippen molar-refractivity contribution in [3.05, 3.63) is 34.9 Å². The monoisotopic (exact) mass is 248 g/mol. The van der Waals surface area contributed by atoms with Crippen molar-refractivity contribution in [1.29, 1.82) is 0 Å². The summed E-state index contributed by atoms with van der Waals surface area (Å²) in [5.41, 5.74) is 3.60. The first kappa shape index (κ1) is 14.7. The van der Waals surface area contributed by atoms with Gasteiger partial charge in [0.2, 0.25) is 5.91 Å². The second-order valence-corrected chi connectivity index (χ2v) is 4.65. The van der Waals surface area contributed by atoms with Crippen LogP contribution in [0.15, 0.2) is 18.2 Å². The average Bonchev–Trinajstić information content (AvgIpc) is 2.34. The van der Waals surface area contributed by atoms with Gasteiger partial charge in [0.1, 0.15) is 0 Å². The van der Waals surface area contributed by atoms with Crippen molar-refractivity contribution >= 4 is 5.91 Å². The average molecular weight is 248 g/mol. The molecule has 3 nitrogen and oxygen atoms in total. The highest BCUT2D eigenvalue weighted by Gasteiger charge is 2.03. The van der Waals surface area contributed by atoms with Crippen LogP contribution in [0.1, 0.15) is 30.0 Å². The van der Waals surface area contributed by atoms with Crippen LogP contribution in [0.5, 0.6) is 0 Å². The van der Waals surface area contributed by atoms with E-state index in [1.165, 1.54) is 11.1 Å².